The number of Topliss-reactive ketones (excluding diaryl/α,β-unsaturated/α-hetero) is 1. The number of hydrogen-bond acceptors (Lipinski definition) is 9. The molecule has 11 heteroatoms. The van der Waals surface area contributed by atoms with Crippen molar-refractivity contribution in [2.45, 2.75) is 10.1 Å². The average Bonchev–Trinajstić information content (AvgIpc) is 3.28. The predicted molar refractivity (Wildman–Crippen MR) is 109 cm³/mol. The molecule has 0 saturated carbocycles. The van der Waals surface area contributed by atoms with Crippen LogP contribution in [0, 0.1) is 0 Å². The normalized spacial score (nSPS) is 15.2. The largest absolute Gasteiger partial charge is 0.411 e. The minimum Gasteiger partial charge on any atom is -0.411 e. The van der Waals surface area contributed by atoms with Crippen molar-refractivity contribution >= 4 is 27.6 Å². The predicted octanol–water partition coefficient (Wildman–Crippen LogP) is 2.13. The first-order chi connectivity index (χ1) is 14.5. The van der Waals surface area contributed by atoms with E-state index in [4.69, 9.17) is 9.15 Å². The van der Waals surface area contributed by atoms with Gasteiger partial charge in [-0.05, 0) is 24.3 Å². The molecule has 1 saturated heterocycles. The van der Waals surface area contributed by atoms with Crippen LogP contribution in [0.3, 0.4) is 0 Å². The van der Waals surface area contributed by atoms with Gasteiger partial charge in [0.05, 0.1) is 29.4 Å². The van der Waals surface area contributed by atoms with Gasteiger partial charge in [-0.1, -0.05) is 23.9 Å². The van der Waals surface area contributed by atoms with Crippen molar-refractivity contribution in [2.24, 2.45) is 0 Å². The molecule has 0 N–H and O–H groups in total. The van der Waals surface area contributed by atoms with Crippen LogP contribution >= 0.6 is 11.8 Å². The van der Waals surface area contributed by atoms with Crippen LogP contribution in [0.1, 0.15) is 10.4 Å². The molecule has 4 rings (SSSR count). The minimum atomic E-state index is -3.66. The first-order valence-corrected chi connectivity index (χ1v) is 11.5. The number of thioether (sulfide) groups is 1. The maximum absolute atomic E-state index is 12.8. The molecule has 1 aromatic carbocycles. The minimum absolute atomic E-state index is 0.0374. The first-order valence-electron chi connectivity index (χ1n) is 9.12. The third-order valence-corrected chi connectivity index (χ3v) is 7.12. The summed E-state index contributed by atoms with van der Waals surface area (Å²) in [6.07, 6.45) is 3.25. The number of morpholine rings is 1. The highest BCUT2D eigenvalue weighted by Crippen LogP contribution is 2.24. The monoisotopic (exact) mass is 446 g/mol. The molecule has 0 atom stereocenters. The van der Waals surface area contributed by atoms with Crippen LogP contribution in [0.5, 0.6) is 0 Å². The van der Waals surface area contributed by atoms with Crippen LogP contribution in [0.25, 0.3) is 11.5 Å². The molecule has 156 valence electrons. The number of ketones is 1. The molecule has 1 aliphatic rings. The van der Waals surface area contributed by atoms with Crippen molar-refractivity contribution in [3.63, 3.8) is 0 Å². The number of carbonyl (C=O) groups excluding carboxylic acids is 1. The van der Waals surface area contributed by atoms with Gasteiger partial charge in [0, 0.05) is 31.0 Å². The number of carbonyl (C=O) groups is 1. The lowest BCUT2D eigenvalue weighted by Gasteiger charge is -2.26. The molecule has 0 spiro atoms. The van der Waals surface area contributed by atoms with Gasteiger partial charge in [0.25, 0.3) is 5.22 Å². The topological polar surface area (TPSA) is 115 Å². The fourth-order valence-electron chi connectivity index (χ4n) is 2.85. The maximum atomic E-state index is 12.8. The Balaban J connectivity index is 1.43. The second-order valence-corrected chi connectivity index (χ2v) is 9.24. The number of rotatable bonds is 7. The first kappa shape index (κ1) is 20.7. The van der Waals surface area contributed by atoms with Crippen molar-refractivity contribution < 1.29 is 22.4 Å². The molecule has 0 amide bonds. The van der Waals surface area contributed by atoms with Gasteiger partial charge >= 0.3 is 0 Å². The molecule has 0 aliphatic carbocycles. The standard InChI is InChI=1S/C19H18N4O5S2/c24-17(13-29-19-22-21-18(28-19)15-4-2-6-20-12-15)14-3-1-5-16(11-14)30(25,26)23-7-9-27-10-8-23/h1-6,11-12H,7-10,13H2. The summed E-state index contributed by atoms with van der Waals surface area (Å²) in [5.74, 6) is 0.118. The summed E-state index contributed by atoms with van der Waals surface area (Å²) in [4.78, 5) is 16.7. The van der Waals surface area contributed by atoms with E-state index in [1.165, 1.54) is 16.4 Å². The number of hydrogen-bond donors (Lipinski definition) is 0. The molecular formula is C19H18N4O5S2. The lowest BCUT2D eigenvalue weighted by Crippen LogP contribution is -2.40. The number of aromatic nitrogens is 3. The van der Waals surface area contributed by atoms with Gasteiger partial charge in [-0.2, -0.15) is 4.31 Å². The zero-order chi connectivity index (χ0) is 21.0. The lowest BCUT2D eigenvalue weighted by atomic mass is 10.1. The zero-order valence-electron chi connectivity index (χ0n) is 15.8. The van der Waals surface area contributed by atoms with E-state index in [9.17, 15) is 13.2 Å². The average molecular weight is 447 g/mol. The van der Waals surface area contributed by atoms with Crippen LogP contribution in [0.4, 0.5) is 0 Å². The van der Waals surface area contributed by atoms with Gasteiger partial charge in [-0.3, -0.25) is 9.78 Å². The highest BCUT2D eigenvalue weighted by molar-refractivity contribution is 7.99. The Labute approximate surface area is 177 Å². The summed E-state index contributed by atoms with van der Waals surface area (Å²) in [6.45, 7) is 1.32. The van der Waals surface area contributed by atoms with Crippen molar-refractivity contribution in [3.05, 3.63) is 54.4 Å². The van der Waals surface area contributed by atoms with Crippen LogP contribution in [-0.4, -0.2) is 65.7 Å². The Morgan fingerprint density at radius 2 is 1.97 bits per heavy atom. The highest BCUT2D eigenvalue weighted by atomic mass is 32.2. The number of nitrogens with zero attached hydrogens (tertiary/aromatic N) is 4. The van der Waals surface area contributed by atoms with E-state index in [-0.39, 0.29) is 21.7 Å². The van der Waals surface area contributed by atoms with Gasteiger partial charge in [0.2, 0.25) is 15.9 Å². The molecule has 0 unspecified atom stereocenters. The van der Waals surface area contributed by atoms with Crippen molar-refractivity contribution in [3.8, 4) is 11.5 Å². The lowest BCUT2D eigenvalue weighted by molar-refractivity contribution is 0.0730. The van der Waals surface area contributed by atoms with E-state index >= 15 is 0 Å². The molecule has 2 aromatic heterocycles. The van der Waals surface area contributed by atoms with E-state index in [1.54, 1.807) is 36.7 Å². The molecule has 1 fully saturated rings. The second kappa shape index (κ2) is 9.04. The molecule has 3 aromatic rings. The molecule has 30 heavy (non-hydrogen) atoms. The van der Waals surface area contributed by atoms with E-state index < -0.39 is 10.0 Å². The number of pyridine rings is 1. The van der Waals surface area contributed by atoms with Crippen molar-refractivity contribution in [1.29, 1.82) is 0 Å². The molecule has 3 heterocycles. The zero-order valence-corrected chi connectivity index (χ0v) is 17.4. The van der Waals surface area contributed by atoms with Gasteiger partial charge in [0.1, 0.15) is 0 Å². The van der Waals surface area contributed by atoms with Gasteiger partial charge in [0.15, 0.2) is 5.78 Å². The van der Waals surface area contributed by atoms with E-state index in [2.05, 4.69) is 15.2 Å². The number of ether oxygens (including phenoxy) is 1. The fraction of sp³-hybridized carbons (Fsp3) is 0.263. The van der Waals surface area contributed by atoms with Gasteiger partial charge < -0.3 is 9.15 Å². The molecule has 0 bridgehead atoms. The smallest absolute Gasteiger partial charge is 0.277 e. The van der Waals surface area contributed by atoms with Crippen LogP contribution in [0.15, 0.2) is 63.3 Å². The van der Waals surface area contributed by atoms with E-state index in [0.29, 0.717) is 43.3 Å². The molecular weight excluding hydrogens is 428 g/mol. The summed E-state index contributed by atoms with van der Waals surface area (Å²) in [6, 6.07) is 9.61. The fourth-order valence-corrected chi connectivity index (χ4v) is 4.96. The van der Waals surface area contributed by atoms with Crippen molar-refractivity contribution in [2.75, 3.05) is 32.1 Å². The Morgan fingerprint density at radius 3 is 2.73 bits per heavy atom. The Bertz CT molecular complexity index is 1130. The molecule has 1 aliphatic heterocycles. The third-order valence-electron chi connectivity index (χ3n) is 4.41. The Hall–Kier alpha value is -2.60. The summed E-state index contributed by atoms with van der Waals surface area (Å²) < 4.78 is 37.7. The van der Waals surface area contributed by atoms with Crippen LogP contribution in [-0.2, 0) is 14.8 Å². The Kier molecular flexibility index (Phi) is 6.23. The summed E-state index contributed by atoms with van der Waals surface area (Å²) in [5.41, 5.74) is 0.994. The Morgan fingerprint density at radius 1 is 1.13 bits per heavy atom. The maximum Gasteiger partial charge on any atom is 0.277 e. The molecule has 0 radical (unpaired) electrons. The van der Waals surface area contributed by atoms with Gasteiger partial charge in [-0.25, -0.2) is 8.42 Å². The summed E-state index contributed by atoms with van der Waals surface area (Å²) in [5, 5.41) is 8.13. The number of benzene rings is 1. The third kappa shape index (κ3) is 4.59. The highest BCUT2D eigenvalue weighted by Gasteiger charge is 2.27. The number of sulfonamides is 1. The second-order valence-electron chi connectivity index (χ2n) is 6.37. The van der Waals surface area contributed by atoms with E-state index in [1.807, 2.05) is 0 Å². The van der Waals surface area contributed by atoms with Crippen LogP contribution in [0.2, 0.25) is 0 Å². The SMILES string of the molecule is O=C(CSc1nnc(-c2cccnc2)o1)c1cccc(S(=O)(=O)N2CCOCC2)c1. The van der Waals surface area contributed by atoms with Crippen LogP contribution < -0.4 is 0 Å². The van der Waals surface area contributed by atoms with Crippen molar-refractivity contribution in [1.82, 2.24) is 19.5 Å². The van der Waals surface area contributed by atoms with Gasteiger partial charge in [-0.15, -0.1) is 10.2 Å². The quantitative estimate of drug-likeness (QED) is 0.397. The van der Waals surface area contributed by atoms with E-state index in [0.717, 1.165) is 11.8 Å². The molecule has 9 nitrogen and oxygen atoms in total. The summed E-state index contributed by atoms with van der Waals surface area (Å²) >= 11 is 1.09. The summed E-state index contributed by atoms with van der Waals surface area (Å²) in [7, 11) is -3.66.